The first-order valence-electron chi connectivity index (χ1n) is 29.1. The number of allylic oxidation sites excluding steroid dienone is 9. The summed E-state index contributed by atoms with van der Waals surface area (Å²) in [5.41, 5.74) is 0. The molecule has 67 heavy (non-hydrogen) atoms. The maximum absolute atomic E-state index is 12.4. The van der Waals surface area contributed by atoms with E-state index in [0.29, 0.717) is 25.9 Å². The highest BCUT2D eigenvalue weighted by Crippen LogP contribution is 2.16. The molecule has 390 valence electrons. The van der Waals surface area contributed by atoms with Crippen molar-refractivity contribution in [2.45, 2.75) is 302 Å². The summed E-state index contributed by atoms with van der Waals surface area (Å²) < 4.78 is 5.45. The number of aliphatic hydroxyl groups excluding tert-OH is 2. The molecule has 0 aliphatic rings. The van der Waals surface area contributed by atoms with Crippen molar-refractivity contribution in [3.05, 3.63) is 60.8 Å². The summed E-state index contributed by atoms with van der Waals surface area (Å²) in [5.74, 6) is -0.181. The van der Waals surface area contributed by atoms with Gasteiger partial charge in [-0.15, -0.1) is 0 Å². The molecular weight excluding hydrogens is 827 g/mol. The zero-order valence-electron chi connectivity index (χ0n) is 44.4. The molecule has 1 amide bonds. The Labute approximate surface area is 416 Å². The molecule has 3 N–H and O–H groups in total. The van der Waals surface area contributed by atoms with Gasteiger partial charge in [0.1, 0.15) is 0 Å². The van der Waals surface area contributed by atoms with Gasteiger partial charge in [-0.1, -0.05) is 254 Å². The zero-order chi connectivity index (χ0) is 48.6. The van der Waals surface area contributed by atoms with Gasteiger partial charge in [0.05, 0.1) is 25.4 Å². The van der Waals surface area contributed by atoms with E-state index < -0.39 is 12.1 Å². The van der Waals surface area contributed by atoms with Crippen LogP contribution in [0.4, 0.5) is 0 Å². The molecule has 0 aromatic carbocycles. The molecule has 0 rings (SSSR count). The number of hydrogen-bond donors (Lipinski definition) is 3. The Bertz CT molecular complexity index is 1170. The van der Waals surface area contributed by atoms with Crippen LogP contribution in [-0.2, 0) is 14.3 Å². The highest BCUT2D eigenvalue weighted by molar-refractivity contribution is 5.76. The molecule has 0 fully saturated rings. The zero-order valence-corrected chi connectivity index (χ0v) is 44.4. The van der Waals surface area contributed by atoms with Crippen LogP contribution in [0.25, 0.3) is 0 Å². The Kier molecular flexibility index (Phi) is 54.1. The lowest BCUT2D eigenvalue weighted by molar-refractivity contribution is -0.143. The van der Waals surface area contributed by atoms with E-state index in [4.69, 9.17) is 4.74 Å². The molecular formula is C61H111NO5. The lowest BCUT2D eigenvalue weighted by Gasteiger charge is -2.19. The Morgan fingerprint density at radius 1 is 0.418 bits per heavy atom. The topological polar surface area (TPSA) is 95.9 Å². The third-order valence-corrected chi connectivity index (χ3v) is 13.0. The number of hydrogen-bond acceptors (Lipinski definition) is 5. The van der Waals surface area contributed by atoms with Crippen molar-refractivity contribution >= 4 is 11.9 Å². The number of amides is 1. The van der Waals surface area contributed by atoms with E-state index in [1.54, 1.807) is 6.08 Å². The Morgan fingerprint density at radius 3 is 1.18 bits per heavy atom. The highest BCUT2D eigenvalue weighted by Gasteiger charge is 2.17. The second kappa shape index (κ2) is 56.2. The summed E-state index contributed by atoms with van der Waals surface area (Å²) in [6.45, 7) is 4.82. The molecule has 0 saturated carbocycles. The summed E-state index contributed by atoms with van der Waals surface area (Å²) in [5, 5.41) is 23.1. The Balaban J connectivity index is 3.59. The van der Waals surface area contributed by atoms with Gasteiger partial charge in [0.25, 0.3) is 0 Å². The van der Waals surface area contributed by atoms with Crippen LogP contribution >= 0.6 is 0 Å². The fourth-order valence-corrected chi connectivity index (χ4v) is 8.54. The Morgan fingerprint density at radius 2 is 0.761 bits per heavy atom. The van der Waals surface area contributed by atoms with E-state index in [9.17, 15) is 19.8 Å². The SMILES string of the molecule is CCCCCC/C=C\C/C=C\CCCCCCCC(=O)OCCCCCCCC/C=C\C/C=C\CCC(=O)NC(CO)C(O)/C=C/CCCCCCCCCCCCCCCCCCCCC. The quantitative estimate of drug-likeness (QED) is 0.0321. The second-order valence-corrected chi connectivity index (χ2v) is 19.6. The minimum Gasteiger partial charge on any atom is -0.466 e. The van der Waals surface area contributed by atoms with Crippen molar-refractivity contribution in [1.82, 2.24) is 5.32 Å². The first-order chi connectivity index (χ1) is 33.0. The van der Waals surface area contributed by atoms with E-state index >= 15 is 0 Å². The number of unbranched alkanes of at least 4 members (excludes halogenated alkanes) is 34. The summed E-state index contributed by atoms with van der Waals surface area (Å²) in [6, 6.07) is -0.675. The van der Waals surface area contributed by atoms with Crippen LogP contribution in [0.2, 0.25) is 0 Å². The smallest absolute Gasteiger partial charge is 0.305 e. The lowest BCUT2D eigenvalue weighted by atomic mass is 10.0. The van der Waals surface area contributed by atoms with Crippen molar-refractivity contribution in [2.24, 2.45) is 0 Å². The number of rotatable bonds is 53. The summed E-state index contributed by atoms with van der Waals surface area (Å²) in [7, 11) is 0. The van der Waals surface area contributed by atoms with Gasteiger partial charge in [-0.2, -0.15) is 0 Å². The van der Waals surface area contributed by atoms with Gasteiger partial charge in [-0.05, 0) is 83.5 Å². The normalized spacial score (nSPS) is 13.1. The van der Waals surface area contributed by atoms with Crippen molar-refractivity contribution < 1.29 is 24.5 Å². The molecule has 0 radical (unpaired) electrons. The van der Waals surface area contributed by atoms with E-state index in [0.717, 1.165) is 64.2 Å². The molecule has 0 bridgehead atoms. The van der Waals surface area contributed by atoms with Gasteiger partial charge in [0, 0.05) is 12.8 Å². The molecule has 0 aromatic heterocycles. The molecule has 2 atom stereocenters. The molecule has 0 aliphatic carbocycles. The molecule has 0 spiro atoms. The summed E-state index contributed by atoms with van der Waals surface area (Å²) >= 11 is 0. The van der Waals surface area contributed by atoms with E-state index in [1.165, 1.54) is 193 Å². The highest BCUT2D eigenvalue weighted by atomic mass is 16.5. The van der Waals surface area contributed by atoms with Crippen LogP contribution in [0.5, 0.6) is 0 Å². The number of esters is 1. The summed E-state index contributed by atoms with van der Waals surface area (Å²) in [6.07, 6.45) is 72.5. The largest absolute Gasteiger partial charge is 0.466 e. The number of carbonyl (C=O) groups is 2. The fourth-order valence-electron chi connectivity index (χ4n) is 8.54. The van der Waals surface area contributed by atoms with E-state index in [-0.39, 0.29) is 18.5 Å². The van der Waals surface area contributed by atoms with E-state index in [1.807, 2.05) is 12.2 Å². The van der Waals surface area contributed by atoms with Gasteiger partial charge >= 0.3 is 5.97 Å². The molecule has 6 nitrogen and oxygen atoms in total. The molecule has 0 aliphatic heterocycles. The van der Waals surface area contributed by atoms with Crippen molar-refractivity contribution in [2.75, 3.05) is 13.2 Å². The maximum atomic E-state index is 12.4. The first kappa shape index (κ1) is 64.6. The number of aliphatic hydroxyl groups is 2. The second-order valence-electron chi connectivity index (χ2n) is 19.6. The predicted octanol–water partition coefficient (Wildman–Crippen LogP) is 18.0. The number of nitrogens with one attached hydrogen (secondary N) is 1. The van der Waals surface area contributed by atoms with Crippen LogP contribution < -0.4 is 5.32 Å². The minimum atomic E-state index is -0.882. The monoisotopic (exact) mass is 938 g/mol. The molecule has 0 heterocycles. The maximum Gasteiger partial charge on any atom is 0.305 e. The lowest BCUT2D eigenvalue weighted by Crippen LogP contribution is -2.45. The van der Waals surface area contributed by atoms with Gasteiger partial charge < -0.3 is 20.3 Å². The predicted molar refractivity (Wildman–Crippen MR) is 292 cm³/mol. The van der Waals surface area contributed by atoms with Crippen LogP contribution in [0, 0.1) is 0 Å². The fraction of sp³-hybridized carbons (Fsp3) is 0.803. The number of carbonyl (C=O) groups excluding carboxylic acids is 2. The van der Waals surface area contributed by atoms with Crippen LogP contribution in [0.15, 0.2) is 60.8 Å². The first-order valence-corrected chi connectivity index (χ1v) is 29.1. The van der Waals surface area contributed by atoms with Crippen LogP contribution in [0.1, 0.15) is 290 Å². The van der Waals surface area contributed by atoms with Crippen molar-refractivity contribution in [3.63, 3.8) is 0 Å². The molecule has 0 aromatic rings. The standard InChI is InChI=1S/C61H111NO5/c1-3-5-7-9-11-13-15-17-19-21-22-23-24-25-26-29-33-37-41-45-49-53-59(64)58(57-63)62-60(65)54-50-46-42-38-34-30-28-32-36-40-44-48-52-56-67-61(66)55-51-47-43-39-35-31-27-20-18-16-14-12-10-8-6-4-2/h14,16,20,27,30,34,42,46,49,53,58-59,63-64H,3-13,15,17-19,21-26,28-29,31-33,35-41,43-45,47-48,50-52,54-57H2,1-2H3,(H,62,65)/b16-14-,27-20-,34-30-,46-42-,53-49+. The molecule has 6 heteroatoms. The summed E-state index contributed by atoms with van der Waals surface area (Å²) in [4.78, 5) is 24.5. The Hall–Kier alpha value is -2.44. The average molecular weight is 939 g/mol. The average Bonchev–Trinajstić information content (AvgIpc) is 3.33. The molecule has 0 saturated heterocycles. The third-order valence-electron chi connectivity index (χ3n) is 13.0. The van der Waals surface area contributed by atoms with Gasteiger partial charge in [0.2, 0.25) is 5.91 Å². The van der Waals surface area contributed by atoms with Crippen molar-refractivity contribution in [3.8, 4) is 0 Å². The van der Waals surface area contributed by atoms with Gasteiger partial charge in [-0.3, -0.25) is 9.59 Å². The van der Waals surface area contributed by atoms with Gasteiger partial charge in [-0.25, -0.2) is 0 Å². The number of ether oxygens (including phenoxy) is 1. The third kappa shape index (κ3) is 52.8. The van der Waals surface area contributed by atoms with Crippen molar-refractivity contribution in [1.29, 1.82) is 0 Å². The van der Waals surface area contributed by atoms with E-state index in [2.05, 4.69) is 61.7 Å². The van der Waals surface area contributed by atoms with Gasteiger partial charge in [0.15, 0.2) is 0 Å². The van der Waals surface area contributed by atoms with Crippen LogP contribution in [-0.4, -0.2) is 47.4 Å². The van der Waals surface area contributed by atoms with Crippen LogP contribution in [0.3, 0.4) is 0 Å². The molecule has 2 unspecified atom stereocenters. The minimum absolute atomic E-state index is 0.0324.